The molecule has 0 bridgehead atoms. The van der Waals surface area contributed by atoms with Gasteiger partial charge in [-0.2, -0.15) is 0 Å². The van der Waals surface area contributed by atoms with E-state index >= 15 is 0 Å². The van der Waals surface area contributed by atoms with Crippen LogP contribution >= 0.6 is 0 Å². The molecule has 6 nitrogen and oxygen atoms in total. The quantitative estimate of drug-likeness (QED) is 0.391. The lowest BCUT2D eigenvalue weighted by Gasteiger charge is -2.26. The summed E-state index contributed by atoms with van der Waals surface area (Å²) in [5.41, 5.74) is 3.00. The van der Waals surface area contributed by atoms with Gasteiger partial charge in [0.05, 0.1) is 18.8 Å². The van der Waals surface area contributed by atoms with Crippen LogP contribution in [0.2, 0.25) is 0 Å². The molecule has 0 aromatic heterocycles. The standard InChI is InChI=1S/C28H32N2O4/c1-5-14-33-26-19-27(34-15-6-2)25(18-24(26)21(4)7-3)28(31)29-23-10-8-22(9-11-23)20-30-12-16-32-17-13-30/h3,5-6,8-11,18-19,21H,1-2,12-17,20H2,4H3,(H,29,31). The maximum Gasteiger partial charge on any atom is 0.259 e. The van der Waals surface area contributed by atoms with Gasteiger partial charge in [-0.1, -0.05) is 43.4 Å². The van der Waals surface area contributed by atoms with Crippen LogP contribution in [0.4, 0.5) is 5.69 Å². The molecule has 1 amide bonds. The zero-order chi connectivity index (χ0) is 24.3. The van der Waals surface area contributed by atoms with Crippen LogP contribution in [0.3, 0.4) is 0 Å². The van der Waals surface area contributed by atoms with Crippen molar-refractivity contribution in [2.24, 2.45) is 0 Å². The summed E-state index contributed by atoms with van der Waals surface area (Å²) in [5, 5.41) is 2.97. The number of morpholine rings is 1. The number of hydrogen-bond acceptors (Lipinski definition) is 5. The summed E-state index contributed by atoms with van der Waals surface area (Å²) >= 11 is 0. The van der Waals surface area contributed by atoms with Crippen LogP contribution in [0, 0.1) is 12.3 Å². The third kappa shape index (κ3) is 6.74. The minimum absolute atomic E-state index is 0.251. The van der Waals surface area contributed by atoms with Gasteiger partial charge >= 0.3 is 0 Å². The predicted molar refractivity (Wildman–Crippen MR) is 136 cm³/mol. The summed E-state index contributed by atoms with van der Waals surface area (Å²) in [6, 6.07) is 11.3. The molecule has 0 saturated carbocycles. The van der Waals surface area contributed by atoms with Crippen molar-refractivity contribution in [1.29, 1.82) is 0 Å². The maximum atomic E-state index is 13.2. The summed E-state index contributed by atoms with van der Waals surface area (Å²) in [4.78, 5) is 15.6. The molecule has 178 valence electrons. The fourth-order valence-electron chi connectivity index (χ4n) is 3.63. The van der Waals surface area contributed by atoms with E-state index in [1.807, 2.05) is 31.2 Å². The Hall–Kier alpha value is -3.53. The molecule has 0 aliphatic carbocycles. The minimum Gasteiger partial charge on any atom is -0.489 e. The van der Waals surface area contributed by atoms with Crippen molar-refractivity contribution >= 4 is 11.6 Å². The van der Waals surface area contributed by atoms with E-state index < -0.39 is 0 Å². The summed E-state index contributed by atoms with van der Waals surface area (Å²) in [5.74, 6) is 3.13. The van der Waals surface area contributed by atoms with Gasteiger partial charge in [-0.05, 0) is 30.7 Å². The maximum absolute atomic E-state index is 13.2. The predicted octanol–water partition coefficient (Wildman–Crippen LogP) is 4.64. The number of benzene rings is 2. The average molecular weight is 461 g/mol. The lowest BCUT2D eigenvalue weighted by atomic mass is 9.97. The minimum atomic E-state index is -0.291. The number of amides is 1. The zero-order valence-electron chi connectivity index (χ0n) is 19.7. The zero-order valence-corrected chi connectivity index (χ0v) is 19.7. The van der Waals surface area contributed by atoms with E-state index in [1.54, 1.807) is 24.3 Å². The van der Waals surface area contributed by atoms with Crippen LogP contribution in [-0.2, 0) is 11.3 Å². The first-order chi connectivity index (χ1) is 16.5. The van der Waals surface area contributed by atoms with Crippen molar-refractivity contribution < 1.29 is 19.0 Å². The third-order valence-electron chi connectivity index (χ3n) is 5.51. The van der Waals surface area contributed by atoms with Crippen LogP contribution in [0.1, 0.15) is 34.3 Å². The van der Waals surface area contributed by atoms with Gasteiger partial charge in [0.2, 0.25) is 0 Å². The molecular weight excluding hydrogens is 428 g/mol. The number of rotatable bonds is 11. The first-order valence-electron chi connectivity index (χ1n) is 11.4. The van der Waals surface area contributed by atoms with Gasteiger partial charge in [-0.15, -0.1) is 6.42 Å². The van der Waals surface area contributed by atoms with Gasteiger partial charge in [0.15, 0.2) is 0 Å². The molecular formula is C28H32N2O4. The van der Waals surface area contributed by atoms with E-state index in [2.05, 4.69) is 29.3 Å². The molecule has 2 aromatic rings. The van der Waals surface area contributed by atoms with Crippen molar-refractivity contribution in [3.8, 4) is 23.8 Å². The van der Waals surface area contributed by atoms with Crippen molar-refractivity contribution in [1.82, 2.24) is 4.90 Å². The molecule has 0 radical (unpaired) electrons. The number of nitrogens with one attached hydrogen (secondary N) is 1. The van der Waals surface area contributed by atoms with E-state index in [9.17, 15) is 4.79 Å². The fourth-order valence-corrected chi connectivity index (χ4v) is 3.63. The smallest absolute Gasteiger partial charge is 0.259 e. The Kier molecular flexibility index (Phi) is 9.33. The van der Waals surface area contributed by atoms with Gasteiger partial charge in [0.25, 0.3) is 5.91 Å². The molecule has 1 aliphatic rings. The Labute approximate surface area is 202 Å². The first kappa shape index (κ1) is 25.1. The molecule has 0 spiro atoms. The molecule has 1 atom stereocenters. The molecule has 1 aliphatic heterocycles. The molecule has 2 aromatic carbocycles. The average Bonchev–Trinajstić information content (AvgIpc) is 2.87. The topological polar surface area (TPSA) is 60.0 Å². The summed E-state index contributed by atoms with van der Waals surface area (Å²) in [7, 11) is 0. The molecule has 34 heavy (non-hydrogen) atoms. The molecule has 3 rings (SSSR count). The molecule has 1 fully saturated rings. The van der Waals surface area contributed by atoms with E-state index in [-0.39, 0.29) is 18.4 Å². The van der Waals surface area contributed by atoms with Gasteiger partial charge in [-0.3, -0.25) is 9.69 Å². The molecule has 6 heteroatoms. The van der Waals surface area contributed by atoms with E-state index in [1.165, 1.54) is 5.56 Å². The Balaban J connectivity index is 1.81. The Morgan fingerprint density at radius 1 is 1.15 bits per heavy atom. The second-order valence-electron chi connectivity index (χ2n) is 8.01. The molecule has 1 heterocycles. The van der Waals surface area contributed by atoms with Crippen molar-refractivity contribution in [3.05, 3.63) is 78.4 Å². The van der Waals surface area contributed by atoms with Crippen molar-refractivity contribution in [2.75, 3.05) is 44.8 Å². The van der Waals surface area contributed by atoms with Crippen LogP contribution in [-0.4, -0.2) is 50.3 Å². The van der Waals surface area contributed by atoms with Gasteiger partial charge in [0, 0.05) is 42.9 Å². The highest BCUT2D eigenvalue weighted by atomic mass is 16.5. The van der Waals surface area contributed by atoms with Gasteiger partial charge in [0.1, 0.15) is 24.7 Å². The van der Waals surface area contributed by atoms with Crippen LogP contribution < -0.4 is 14.8 Å². The molecule has 1 N–H and O–H groups in total. The van der Waals surface area contributed by atoms with Gasteiger partial charge in [-0.25, -0.2) is 0 Å². The molecule has 1 saturated heterocycles. The summed E-state index contributed by atoms with van der Waals surface area (Å²) in [6.07, 6.45) is 8.94. The SMILES string of the molecule is C#CC(C)c1cc(C(=O)Nc2ccc(CN3CCOCC3)cc2)c(OCC=C)cc1OCC=C. The third-order valence-corrected chi connectivity index (χ3v) is 5.51. The monoisotopic (exact) mass is 460 g/mol. The Bertz CT molecular complexity index is 1030. The number of carbonyl (C=O) groups is 1. The lowest BCUT2D eigenvalue weighted by Crippen LogP contribution is -2.35. The first-order valence-corrected chi connectivity index (χ1v) is 11.4. The highest BCUT2D eigenvalue weighted by Gasteiger charge is 2.20. The van der Waals surface area contributed by atoms with E-state index in [0.717, 1.165) is 38.4 Å². The second kappa shape index (κ2) is 12.6. The number of carbonyl (C=O) groups excluding carboxylic acids is 1. The van der Waals surface area contributed by atoms with E-state index in [4.69, 9.17) is 20.6 Å². The van der Waals surface area contributed by atoms with Crippen LogP contribution in [0.15, 0.2) is 61.7 Å². The number of nitrogens with zero attached hydrogens (tertiary/aromatic N) is 1. The van der Waals surface area contributed by atoms with Crippen molar-refractivity contribution in [3.63, 3.8) is 0 Å². The lowest BCUT2D eigenvalue weighted by molar-refractivity contribution is 0.0342. The van der Waals surface area contributed by atoms with Crippen molar-refractivity contribution in [2.45, 2.75) is 19.4 Å². The summed E-state index contributed by atoms with van der Waals surface area (Å²) < 4.78 is 17.0. The van der Waals surface area contributed by atoms with Crippen LogP contribution in [0.25, 0.3) is 0 Å². The van der Waals surface area contributed by atoms with Gasteiger partial charge < -0.3 is 19.5 Å². The Morgan fingerprint density at radius 3 is 2.41 bits per heavy atom. The number of hydrogen-bond donors (Lipinski definition) is 1. The number of ether oxygens (including phenoxy) is 3. The molecule has 1 unspecified atom stereocenters. The van der Waals surface area contributed by atoms with Crippen LogP contribution in [0.5, 0.6) is 11.5 Å². The van der Waals surface area contributed by atoms with E-state index in [0.29, 0.717) is 29.4 Å². The summed E-state index contributed by atoms with van der Waals surface area (Å²) in [6.45, 7) is 14.1. The normalized spacial score (nSPS) is 14.5. The largest absolute Gasteiger partial charge is 0.489 e. The number of anilines is 1. The fraction of sp³-hybridized carbons (Fsp3) is 0.321. The Morgan fingerprint density at radius 2 is 1.79 bits per heavy atom. The highest BCUT2D eigenvalue weighted by Crippen LogP contribution is 2.34. The highest BCUT2D eigenvalue weighted by molar-refractivity contribution is 6.06. The second-order valence-corrected chi connectivity index (χ2v) is 8.01. The number of terminal acetylenes is 1.